The molecule has 0 aliphatic carbocycles. The van der Waals surface area contributed by atoms with Crippen molar-refractivity contribution in [3.8, 4) is 11.8 Å². The summed E-state index contributed by atoms with van der Waals surface area (Å²) in [5.74, 6) is 5.38. The molecule has 1 aromatic rings. The molecule has 0 aromatic carbocycles. The van der Waals surface area contributed by atoms with E-state index in [2.05, 4.69) is 16.8 Å². The molecule has 1 saturated heterocycles. The fraction of sp³-hybridized carbons (Fsp3) is 0.429. The molecular weight excluding hydrogens is 242 g/mol. The first-order chi connectivity index (χ1) is 9.03. The fourth-order valence-corrected chi connectivity index (χ4v) is 2.09. The van der Waals surface area contributed by atoms with E-state index in [1.54, 1.807) is 30.2 Å². The number of nitrogens with zero attached hydrogens (tertiary/aromatic N) is 2. The molecular formula is C14H17N3O2. The summed E-state index contributed by atoms with van der Waals surface area (Å²) in [6.07, 6.45) is 2.14. The van der Waals surface area contributed by atoms with Crippen LogP contribution in [0.5, 0.6) is 0 Å². The number of rotatable bonds is 1. The molecule has 0 radical (unpaired) electrons. The molecule has 2 heterocycles. The number of aromatic nitrogens is 1. The van der Waals surface area contributed by atoms with Crippen LogP contribution in [0.15, 0.2) is 18.3 Å². The van der Waals surface area contributed by atoms with Crippen molar-refractivity contribution in [3.63, 3.8) is 0 Å². The van der Waals surface area contributed by atoms with Gasteiger partial charge in [0.25, 0.3) is 5.91 Å². The van der Waals surface area contributed by atoms with Crippen molar-refractivity contribution in [1.82, 2.24) is 9.88 Å². The van der Waals surface area contributed by atoms with Gasteiger partial charge in [-0.3, -0.25) is 4.79 Å². The van der Waals surface area contributed by atoms with Gasteiger partial charge in [-0.2, -0.15) is 0 Å². The van der Waals surface area contributed by atoms with E-state index >= 15 is 0 Å². The van der Waals surface area contributed by atoms with E-state index in [0.29, 0.717) is 30.8 Å². The van der Waals surface area contributed by atoms with E-state index in [9.17, 15) is 9.90 Å². The number of hydrogen-bond acceptors (Lipinski definition) is 4. The monoisotopic (exact) mass is 259 g/mol. The van der Waals surface area contributed by atoms with Crippen molar-refractivity contribution in [3.05, 3.63) is 29.6 Å². The number of carbonyl (C=O) groups excluding carboxylic acids is 1. The van der Waals surface area contributed by atoms with Crippen LogP contribution < -0.4 is 5.73 Å². The molecule has 1 atom stereocenters. The molecule has 1 unspecified atom stereocenters. The second-order valence-electron chi connectivity index (χ2n) is 4.88. The maximum atomic E-state index is 12.4. The topological polar surface area (TPSA) is 79.5 Å². The van der Waals surface area contributed by atoms with Gasteiger partial charge in [0, 0.05) is 19.3 Å². The van der Waals surface area contributed by atoms with Crippen molar-refractivity contribution >= 4 is 5.91 Å². The largest absolute Gasteiger partial charge is 0.388 e. The fourth-order valence-electron chi connectivity index (χ4n) is 2.09. The van der Waals surface area contributed by atoms with Gasteiger partial charge >= 0.3 is 0 Å². The van der Waals surface area contributed by atoms with Crippen LogP contribution in [0.2, 0.25) is 0 Å². The number of pyridine rings is 1. The number of likely N-dealkylation sites (tertiary alicyclic amines) is 1. The predicted molar refractivity (Wildman–Crippen MR) is 71.3 cm³/mol. The summed E-state index contributed by atoms with van der Waals surface area (Å²) in [5, 5.41) is 9.91. The van der Waals surface area contributed by atoms with Crippen LogP contribution in [0.4, 0.5) is 0 Å². The average Bonchev–Trinajstić information content (AvgIpc) is 2.76. The SMILES string of the molecule is CC1(O)CCN(C(=O)c2ncccc2C#CCN)C1. The highest BCUT2D eigenvalue weighted by molar-refractivity contribution is 5.95. The van der Waals surface area contributed by atoms with Gasteiger partial charge in [0.2, 0.25) is 0 Å². The van der Waals surface area contributed by atoms with Gasteiger partial charge in [-0.1, -0.05) is 11.8 Å². The summed E-state index contributed by atoms with van der Waals surface area (Å²) in [5.41, 5.74) is 5.42. The minimum Gasteiger partial charge on any atom is -0.388 e. The molecule has 5 nitrogen and oxygen atoms in total. The lowest BCUT2D eigenvalue weighted by molar-refractivity contribution is 0.0569. The Morgan fingerprint density at radius 3 is 3.11 bits per heavy atom. The molecule has 1 fully saturated rings. The number of nitrogens with two attached hydrogens (primary N) is 1. The minimum atomic E-state index is -0.812. The van der Waals surface area contributed by atoms with Crippen molar-refractivity contribution in [2.45, 2.75) is 18.9 Å². The van der Waals surface area contributed by atoms with E-state index < -0.39 is 5.60 Å². The van der Waals surface area contributed by atoms with Crippen LogP contribution in [0.1, 0.15) is 29.4 Å². The molecule has 5 heteroatoms. The first-order valence-corrected chi connectivity index (χ1v) is 6.19. The third-order valence-electron chi connectivity index (χ3n) is 3.07. The molecule has 2 rings (SSSR count). The van der Waals surface area contributed by atoms with E-state index in [4.69, 9.17) is 5.73 Å². The van der Waals surface area contributed by atoms with Crippen LogP contribution in [0.3, 0.4) is 0 Å². The maximum absolute atomic E-state index is 12.4. The summed E-state index contributed by atoms with van der Waals surface area (Å²) in [6, 6.07) is 3.48. The lowest BCUT2D eigenvalue weighted by Gasteiger charge is -2.19. The maximum Gasteiger partial charge on any atom is 0.273 e. The summed E-state index contributed by atoms with van der Waals surface area (Å²) < 4.78 is 0. The van der Waals surface area contributed by atoms with Gasteiger partial charge in [0.05, 0.1) is 17.7 Å². The molecule has 1 aliphatic rings. The van der Waals surface area contributed by atoms with Crippen molar-refractivity contribution in [2.75, 3.05) is 19.6 Å². The van der Waals surface area contributed by atoms with Crippen LogP contribution in [-0.2, 0) is 0 Å². The smallest absolute Gasteiger partial charge is 0.273 e. The molecule has 0 spiro atoms. The Hall–Kier alpha value is -1.90. The summed E-state index contributed by atoms with van der Waals surface area (Å²) in [4.78, 5) is 18.1. The van der Waals surface area contributed by atoms with Crippen LogP contribution in [-0.4, -0.2) is 46.1 Å². The van der Waals surface area contributed by atoms with Crippen LogP contribution in [0.25, 0.3) is 0 Å². The Kier molecular flexibility index (Phi) is 3.84. The molecule has 0 saturated carbocycles. The van der Waals surface area contributed by atoms with E-state index in [0.717, 1.165) is 0 Å². The van der Waals surface area contributed by atoms with Gasteiger partial charge in [-0.25, -0.2) is 4.98 Å². The number of amides is 1. The predicted octanol–water partition coefficient (Wildman–Crippen LogP) is -0.0113. The Bertz CT molecular complexity index is 543. The minimum absolute atomic E-state index is 0.195. The summed E-state index contributed by atoms with van der Waals surface area (Å²) >= 11 is 0. The average molecular weight is 259 g/mol. The van der Waals surface area contributed by atoms with Crippen molar-refractivity contribution < 1.29 is 9.90 Å². The molecule has 19 heavy (non-hydrogen) atoms. The van der Waals surface area contributed by atoms with E-state index in [-0.39, 0.29) is 12.5 Å². The first kappa shape index (κ1) is 13.5. The Balaban J connectivity index is 2.25. The normalized spacial score (nSPS) is 21.9. The highest BCUT2D eigenvalue weighted by Crippen LogP contribution is 2.22. The van der Waals surface area contributed by atoms with Gasteiger partial charge in [0.15, 0.2) is 0 Å². The molecule has 3 N–H and O–H groups in total. The highest BCUT2D eigenvalue weighted by atomic mass is 16.3. The van der Waals surface area contributed by atoms with E-state index in [1.807, 2.05) is 0 Å². The van der Waals surface area contributed by atoms with Gasteiger partial charge < -0.3 is 15.7 Å². The Morgan fingerprint density at radius 2 is 2.47 bits per heavy atom. The number of aliphatic hydroxyl groups is 1. The lowest BCUT2D eigenvalue weighted by Crippen LogP contribution is -2.34. The second kappa shape index (κ2) is 5.39. The van der Waals surface area contributed by atoms with Gasteiger partial charge in [-0.15, -0.1) is 0 Å². The zero-order valence-electron chi connectivity index (χ0n) is 10.9. The van der Waals surface area contributed by atoms with E-state index in [1.165, 1.54) is 0 Å². The highest BCUT2D eigenvalue weighted by Gasteiger charge is 2.35. The molecule has 1 amide bonds. The van der Waals surface area contributed by atoms with Gasteiger partial charge in [0.1, 0.15) is 5.69 Å². The second-order valence-corrected chi connectivity index (χ2v) is 4.88. The summed E-state index contributed by atoms with van der Waals surface area (Å²) in [7, 11) is 0. The van der Waals surface area contributed by atoms with Crippen LogP contribution in [0, 0.1) is 11.8 Å². The first-order valence-electron chi connectivity index (χ1n) is 6.19. The quantitative estimate of drug-likeness (QED) is 0.695. The third-order valence-corrected chi connectivity index (χ3v) is 3.07. The standard InChI is InChI=1S/C14H17N3O2/c1-14(19)6-9-17(10-14)13(18)12-11(4-2-7-15)5-3-8-16-12/h3,5,8,19H,6-7,9-10,15H2,1H3. The Labute approximate surface area is 112 Å². The molecule has 0 bridgehead atoms. The van der Waals surface area contributed by atoms with Gasteiger partial charge in [-0.05, 0) is 25.5 Å². The van der Waals surface area contributed by atoms with Crippen LogP contribution >= 0.6 is 0 Å². The zero-order chi connectivity index (χ0) is 13.9. The van der Waals surface area contributed by atoms with Crippen molar-refractivity contribution in [1.29, 1.82) is 0 Å². The van der Waals surface area contributed by atoms with Crippen molar-refractivity contribution in [2.24, 2.45) is 5.73 Å². The molecule has 1 aromatic heterocycles. The number of β-amino-alcohol motifs (C(OH)–C–C–N with tert-alkyl or cyclic N) is 1. The lowest BCUT2D eigenvalue weighted by atomic mass is 10.1. The molecule has 1 aliphatic heterocycles. The number of carbonyl (C=O) groups is 1. The molecule has 100 valence electrons. The third kappa shape index (κ3) is 3.11. The summed E-state index contributed by atoms with van der Waals surface area (Å²) in [6.45, 7) is 2.83. The Morgan fingerprint density at radius 1 is 1.68 bits per heavy atom. The zero-order valence-corrected chi connectivity index (χ0v) is 10.9. The number of hydrogen-bond donors (Lipinski definition) is 2.